The van der Waals surface area contributed by atoms with Gasteiger partial charge in [-0.25, -0.2) is 4.98 Å². The molecule has 2 aliphatic rings. The van der Waals surface area contributed by atoms with Crippen molar-refractivity contribution < 1.29 is 4.79 Å². The van der Waals surface area contributed by atoms with Gasteiger partial charge in [0.25, 0.3) is 11.5 Å². The van der Waals surface area contributed by atoms with E-state index in [0.717, 1.165) is 24.4 Å². The number of amides is 1. The Labute approximate surface area is 150 Å². The molecule has 2 aliphatic heterocycles. The fraction of sp³-hybridized carbons (Fsp3) is 0.389. The number of rotatable bonds is 2. The van der Waals surface area contributed by atoms with Crippen molar-refractivity contribution in [2.45, 2.75) is 17.7 Å². The van der Waals surface area contributed by atoms with E-state index in [1.807, 2.05) is 35.2 Å². The molecule has 2 aromatic rings. The minimum Gasteiger partial charge on any atom is -0.329 e. The lowest BCUT2D eigenvalue weighted by molar-refractivity contribution is 0.0495. The molecule has 1 aromatic heterocycles. The molecule has 6 nitrogen and oxygen atoms in total. The Hall–Kier alpha value is -2.12. The van der Waals surface area contributed by atoms with Crippen molar-refractivity contribution in [1.82, 2.24) is 19.4 Å². The third-order valence-electron chi connectivity index (χ3n) is 4.82. The number of nitrogens with zero attached hydrogens (tertiary/aromatic N) is 4. The Morgan fingerprint density at radius 3 is 2.80 bits per heavy atom. The molecule has 1 saturated heterocycles. The van der Waals surface area contributed by atoms with Crippen LogP contribution in [0.1, 0.15) is 22.0 Å². The molecule has 25 heavy (non-hydrogen) atoms. The van der Waals surface area contributed by atoms with Gasteiger partial charge in [-0.1, -0.05) is 42.1 Å². The van der Waals surface area contributed by atoms with Crippen molar-refractivity contribution in [2.75, 3.05) is 32.4 Å². The lowest BCUT2D eigenvalue weighted by atomic mass is 10.0. The zero-order chi connectivity index (χ0) is 17.4. The van der Waals surface area contributed by atoms with Crippen LogP contribution in [0.5, 0.6) is 0 Å². The van der Waals surface area contributed by atoms with Gasteiger partial charge in [-0.05, 0) is 12.6 Å². The molecule has 0 spiro atoms. The number of piperazine rings is 1. The van der Waals surface area contributed by atoms with Crippen LogP contribution in [0, 0.1) is 0 Å². The molecule has 1 fully saturated rings. The van der Waals surface area contributed by atoms with E-state index in [-0.39, 0.29) is 23.1 Å². The summed E-state index contributed by atoms with van der Waals surface area (Å²) in [6.45, 7) is 2.78. The van der Waals surface area contributed by atoms with Gasteiger partial charge in [0.2, 0.25) is 0 Å². The lowest BCUT2D eigenvalue weighted by Crippen LogP contribution is -2.50. The summed E-state index contributed by atoms with van der Waals surface area (Å²) in [5, 5.41) is 0.708. The molecule has 0 saturated carbocycles. The van der Waals surface area contributed by atoms with Crippen molar-refractivity contribution in [3.63, 3.8) is 0 Å². The molecular formula is C18H20N4O2S. The number of likely N-dealkylation sites (N-methyl/N-ethyl adjacent to an activating group) is 1. The molecular weight excluding hydrogens is 336 g/mol. The summed E-state index contributed by atoms with van der Waals surface area (Å²) in [5.74, 6) is 0.618. The standard InChI is InChI=1S/C18H20N4O2S/c1-20-7-8-21(15(12-20)13-5-3-2-4-6-13)16(23)14-11-19-18-22(17(14)24)9-10-25-18/h2-6,11,15H,7-10,12H2,1H3/t15-/m1/s1. The second-order valence-electron chi connectivity index (χ2n) is 6.45. The van der Waals surface area contributed by atoms with Crippen LogP contribution < -0.4 is 5.56 Å². The minimum atomic E-state index is -0.217. The zero-order valence-corrected chi connectivity index (χ0v) is 14.9. The first-order valence-electron chi connectivity index (χ1n) is 8.42. The van der Waals surface area contributed by atoms with Crippen LogP contribution >= 0.6 is 11.8 Å². The molecule has 0 bridgehead atoms. The van der Waals surface area contributed by atoms with Gasteiger partial charge in [-0.2, -0.15) is 0 Å². The van der Waals surface area contributed by atoms with E-state index in [1.54, 1.807) is 16.3 Å². The first kappa shape index (κ1) is 16.4. The van der Waals surface area contributed by atoms with Crippen molar-refractivity contribution in [3.05, 3.63) is 58.0 Å². The Bertz CT molecular complexity index is 852. The average molecular weight is 356 g/mol. The zero-order valence-electron chi connectivity index (χ0n) is 14.1. The second kappa shape index (κ2) is 6.65. The monoisotopic (exact) mass is 356 g/mol. The molecule has 1 atom stereocenters. The summed E-state index contributed by atoms with van der Waals surface area (Å²) in [4.78, 5) is 34.2. The molecule has 0 unspecified atom stereocenters. The van der Waals surface area contributed by atoms with E-state index in [2.05, 4.69) is 16.9 Å². The van der Waals surface area contributed by atoms with Crippen molar-refractivity contribution in [1.29, 1.82) is 0 Å². The summed E-state index contributed by atoms with van der Waals surface area (Å²) in [5.41, 5.74) is 1.05. The highest BCUT2D eigenvalue weighted by molar-refractivity contribution is 7.99. The largest absolute Gasteiger partial charge is 0.329 e. The van der Waals surface area contributed by atoms with Crippen LogP contribution in [0.4, 0.5) is 0 Å². The molecule has 3 heterocycles. The van der Waals surface area contributed by atoms with Gasteiger partial charge in [0.15, 0.2) is 5.16 Å². The summed E-state index contributed by atoms with van der Waals surface area (Å²) in [6.07, 6.45) is 1.45. The first-order chi connectivity index (χ1) is 12.1. The number of fused-ring (bicyclic) bond motifs is 1. The van der Waals surface area contributed by atoms with Gasteiger partial charge >= 0.3 is 0 Å². The highest BCUT2D eigenvalue weighted by atomic mass is 32.2. The summed E-state index contributed by atoms with van der Waals surface area (Å²) in [7, 11) is 2.06. The van der Waals surface area contributed by atoms with Crippen LogP contribution in [0.15, 0.2) is 46.5 Å². The summed E-state index contributed by atoms with van der Waals surface area (Å²) >= 11 is 1.56. The first-order valence-corrected chi connectivity index (χ1v) is 9.41. The third-order valence-corrected chi connectivity index (χ3v) is 5.79. The highest BCUT2D eigenvalue weighted by Crippen LogP contribution is 2.27. The number of hydrogen-bond donors (Lipinski definition) is 0. The molecule has 1 aromatic carbocycles. The molecule has 0 N–H and O–H groups in total. The molecule has 0 radical (unpaired) electrons. The van der Waals surface area contributed by atoms with E-state index in [4.69, 9.17) is 0 Å². The topological polar surface area (TPSA) is 58.4 Å². The van der Waals surface area contributed by atoms with E-state index in [1.165, 1.54) is 6.20 Å². The maximum Gasteiger partial charge on any atom is 0.267 e. The number of benzene rings is 1. The number of thioether (sulfide) groups is 1. The number of carbonyl (C=O) groups excluding carboxylic acids is 1. The second-order valence-corrected chi connectivity index (χ2v) is 7.51. The fourth-order valence-electron chi connectivity index (χ4n) is 3.44. The normalized spacial score (nSPS) is 20.5. The Balaban J connectivity index is 1.70. The molecule has 0 aliphatic carbocycles. The highest BCUT2D eigenvalue weighted by Gasteiger charge is 2.33. The Morgan fingerprint density at radius 1 is 1.20 bits per heavy atom. The van der Waals surface area contributed by atoms with E-state index in [0.29, 0.717) is 18.2 Å². The molecule has 4 rings (SSSR count). The Kier molecular flexibility index (Phi) is 4.35. The van der Waals surface area contributed by atoms with Gasteiger partial charge in [0, 0.05) is 38.1 Å². The average Bonchev–Trinajstić information content (AvgIpc) is 3.12. The number of carbonyl (C=O) groups is 1. The van der Waals surface area contributed by atoms with Crippen LogP contribution in [0.2, 0.25) is 0 Å². The SMILES string of the molecule is CN1CCN(C(=O)c2cnc3n(c2=O)CCS3)[C@@H](c2ccccc2)C1. The van der Waals surface area contributed by atoms with E-state index >= 15 is 0 Å². The minimum absolute atomic E-state index is 0.0560. The number of hydrogen-bond acceptors (Lipinski definition) is 5. The van der Waals surface area contributed by atoms with Crippen LogP contribution in [-0.2, 0) is 6.54 Å². The number of aromatic nitrogens is 2. The summed E-state index contributed by atoms with van der Waals surface area (Å²) < 4.78 is 1.62. The van der Waals surface area contributed by atoms with Crippen molar-refractivity contribution in [3.8, 4) is 0 Å². The van der Waals surface area contributed by atoms with Gasteiger partial charge in [0.05, 0.1) is 6.04 Å². The third kappa shape index (κ3) is 2.98. The molecule has 7 heteroatoms. The van der Waals surface area contributed by atoms with Crippen LogP contribution in [0.3, 0.4) is 0 Å². The molecule has 130 valence electrons. The Morgan fingerprint density at radius 2 is 2.00 bits per heavy atom. The maximum absolute atomic E-state index is 13.2. The lowest BCUT2D eigenvalue weighted by Gasteiger charge is -2.40. The smallest absolute Gasteiger partial charge is 0.267 e. The molecule has 1 amide bonds. The predicted molar refractivity (Wildman–Crippen MR) is 96.9 cm³/mol. The predicted octanol–water partition coefficient (Wildman–Crippen LogP) is 1.48. The fourth-order valence-corrected chi connectivity index (χ4v) is 4.36. The van der Waals surface area contributed by atoms with Crippen LogP contribution in [0.25, 0.3) is 0 Å². The summed E-state index contributed by atoms with van der Waals surface area (Å²) in [6, 6.07) is 9.95. The van der Waals surface area contributed by atoms with Gasteiger partial charge in [-0.3, -0.25) is 14.2 Å². The van der Waals surface area contributed by atoms with Gasteiger partial charge in [0.1, 0.15) is 5.56 Å². The van der Waals surface area contributed by atoms with Crippen molar-refractivity contribution in [2.24, 2.45) is 0 Å². The van der Waals surface area contributed by atoms with Crippen LogP contribution in [-0.4, -0.2) is 57.7 Å². The van der Waals surface area contributed by atoms with Crippen molar-refractivity contribution >= 4 is 17.7 Å². The van der Waals surface area contributed by atoms with E-state index in [9.17, 15) is 9.59 Å². The van der Waals surface area contributed by atoms with Gasteiger partial charge < -0.3 is 9.80 Å². The quantitative estimate of drug-likeness (QED) is 0.763. The van der Waals surface area contributed by atoms with Gasteiger partial charge in [-0.15, -0.1) is 0 Å². The van der Waals surface area contributed by atoms with E-state index < -0.39 is 0 Å². The maximum atomic E-state index is 13.2.